The number of nitrogens with one attached hydrogen (secondary N) is 2. The van der Waals surface area contributed by atoms with Gasteiger partial charge in [-0.2, -0.15) is 0 Å². The van der Waals surface area contributed by atoms with Crippen LogP contribution in [0.4, 0.5) is 5.69 Å². The molecular weight excluding hydrogens is 412 g/mol. The van der Waals surface area contributed by atoms with Gasteiger partial charge in [-0.1, -0.05) is 18.7 Å². The SMILES string of the molecule is CCCn1c(SCC(=O)Nc2cc3c(cc2Br)OCCO3)n[nH]c1=O. The van der Waals surface area contributed by atoms with Gasteiger partial charge in [0.05, 0.1) is 11.4 Å². The van der Waals surface area contributed by atoms with Crippen LogP contribution in [0.1, 0.15) is 13.3 Å². The number of ether oxygens (including phenoxy) is 2. The van der Waals surface area contributed by atoms with E-state index >= 15 is 0 Å². The van der Waals surface area contributed by atoms with Crippen LogP contribution < -0.4 is 20.5 Å². The molecule has 0 spiro atoms. The van der Waals surface area contributed by atoms with Crippen molar-refractivity contribution in [3.05, 3.63) is 27.1 Å². The zero-order chi connectivity index (χ0) is 17.8. The van der Waals surface area contributed by atoms with Crippen LogP contribution >= 0.6 is 27.7 Å². The predicted molar refractivity (Wildman–Crippen MR) is 97.6 cm³/mol. The lowest BCUT2D eigenvalue weighted by molar-refractivity contribution is -0.113. The number of amides is 1. The number of halogens is 1. The summed E-state index contributed by atoms with van der Waals surface area (Å²) in [4.78, 5) is 23.9. The molecule has 1 aliphatic rings. The number of carbonyl (C=O) groups excluding carboxylic acids is 1. The molecule has 2 N–H and O–H groups in total. The van der Waals surface area contributed by atoms with Gasteiger partial charge in [0.15, 0.2) is 16.7 Å². The lowest BCUT2D eigenvalue weighted by Gasteiger charge is -2.20. The summed E-state index contributed by atoms with van der Waals surface area (Å²) in [6.45, 7) is 3.52. The lowest BCUT2D eigenvalue weighted by atomic mass is 10.2. The number of H-pyrrole nitrogens is 1. The van der Waals surface area contributed by atoms with Gasteiger partial charge in [0.1, 0.15) is 13.2 Å². The fraction of sp³-hybridized carbons (Fsp3) is 0.400. The zero-order valence-corrected chi connectivity index (χ0v) is 15.9. The van der Waals surface area contributed by atoms with Crippen molar-refractivity contribution in [1.29, 1.82) is 0 Å². The van der Waals surface area contributed by atoms with E-state index in [-0.39, 0.29) is 17.3 Å². The second kappa shape index (κ2) is 7.96. The summed E-state index contributed by atoms with van der Waals surface area (Å²) in [5, 5.41) is 9.68. The Hall–Kier alpha value is -1.94. The van der Waals surface area contributed by atoms with Crippen molar-refractivity contribution in [2.24, 2.45) is 0 Å². The number of fused-ring (bicyclic) bond motifs is 1. The van der Waals surface area contributed by atoms with Crippen LogP contribution in [-0.4, -0.2) is 39.6 Å². The normalized spacial score (nSPS) is 12.9. The number of rotatable bonds is 6. The van der Waals surface area contributed by atoms with Crippen LogP contribution in [0.3, 0.4) is 0 Å². The van der Waals surface area contributed by atoms with Gasteiger partial charge >= 0.3 is 5.69 Å². The summed E-state index contributed by atoms with van der Waals surface area (Å²) in [7, 11) is 0. The molecule has 25 heavy (non-hydrogen) atoms. The molecule has 134 valence electrons. The first-order chi connectivity index (χ1) is 12.1. The minimum atomic E-state index is -0.265. The van der Waals surface area contributed by atoms with Crippen LogP contribution in [0, 0.1) is 0 Å². The highest BCUT2D eigenvalue weighted by Crippen LogP contribution is 2.38. The molecule has 8 nitrogen and oxygen atoms in total. The summed E-state index contributed by atoms with van der Waals surface area (Å²) < 4.78 is 13.2. The molecule has 0 bridgehead atoms. The topological polar surface area (TPSA) is 98.2 Å². The number of anilines is 1. The Balaban J connectivity index is 1.64. The Bertz CT molecular complexity index is 835. The summed E-state index contributed by atoms with van der Waals surface area (Å²) in [6.07, 6.45) is 0.809. The Morgan fingerprint density at radius 3 is 2.84 bits per heavy atom. The lowest BCUT2D eigenvalue weighted by Crippen LogP contribution is -2.19. The molecule has 0 unspecified atom stereocenters. The highest BCUT2D eigenvalue weighted by molar-refractivity contribution is 9.10. The van der Waals surface area contributed by atoms with E-state index in [1.807, 2.05) is 6.92 Å². The molecule has 0 fully saturated rings. The third-order valence-electron chi connectivity index (χ3n) is 3.41. The van der Waals surface area contributed by atoms with Gasteiger partial charge in [-0.3, -0.25) is 9.36 Å². The van der Waals surface area contributed by atoms with Crippen LogP contribution in [-0.2, 0) is 11.3 Å². The maximum Gasteiger partial charge on any atom is 0.343 e. The number of aromatic nitrogens is 3. The molecule has 1 amide bonds. The van der Waals surface area contributed by atoms with Crippen LogP contribution in [0.25, 0.3) is 0 Å². The first-order valence-electron chi connectivity index (χ1n) is 7.75. The van der Waals surface area contributed by atoms with Crippen LogP contribution in [0.15, 0.2) is 26.6 Å². The number of aromatic amines is 1. The molecule has 0 radical (unpaired) electrons. The van der Waals surface area contributed by atoms with Gasteiger partial charge in [-0.25, -0.2) is 9.89 Å². The van der Waals surface area contributed by atoms with Gasteiger partial charge in [-0.15, -0.1) is 5.10 Å². The largest absolute Gasteiger partial charge is 0.486 e. The minimum Gasteiger partial charge on any atom is -0.486 e. The standard InChI is InChI=1S/C15H17BrN4O4S/c1-2-3-20-14(22)18-19-15(20)25-8-13(21)17-10-7-12-11(6-9(10)16)23-4-5-24-12/h6-7H,2-5,8H2,1H3,(H,17,21)(H,18,22). The van der Waals surface area contributed by atoms with Crippen molar-refractivity contribution in [2.45, 2.75) is 25.0 Å². The van der Waals surface area contributed by atoms with Crippen LogP contribution in [0.2, 0.25) is 0 Å². The third-order valence-corrected chi connectivity index (χ3v) is 5.04. The van der Waals surface area contributed by atoms with Crippen molar-refractivity contribution in [2.75, 3.05) is 24.3 Å². The fourth-order valence-corrected chi connectivity index (χ4v) is 3.50. The van der Waals surface area contributed by atoms with Gasteiger partial charge in [0.2, 0.25) is 5.91 Å². The Morgan fingerprint density at radius 2 is 2.12 bits per heavy atom. The van der Waals surface area contributed by atoms with E-state index in [4.69, 9.17) is 9.47 Å². The quantitative estimate of drug-likeness (QED) is 0.684. The van der Waals surface area contributed by atoms with E-state index in [9.17, 15) is 9.59 Å². The van der Waals surface area contributed by atoms with E-state index in [2.05, 4.69) is 31.4 Å². The van der Waals surface area contributed by atoms with Gasteiger partial charge in [0, 0.05) is 23.2 Å². The maximum absolute atomic E-state index is 12.2. The Morgan fingerprint density at radius 1 is 1.40 bits per heavy atom. The minimum absolute atomic E-state index is 0.134. The van der Waals surface area contributed by atoms with Gasteiger partial charge in [-0.05, 0) is 22.4 Å². The molecule has 1 aromatic heterocycles. The van der Waals surface area contributed by atoms with E-state index in [0.29, 0.717) is 46.6 Å². The highest BCUT2D eigenvalue weighted by Gasteiger charge is 2.17. The fourth-order valence-electron chi connectivity index (χ4n) is 2.31. The number of hydrogen-bond donors (Lipinski definition) is 2. The monoisotopic (exact) mass is 428 g/mol. The van der Waals surface area contributed by atoms with E-state index in [0.717, 1.165) is 6.42 Å². The third kappa shape index (κ3) is 4.18. The number of benzene rings is 1. The smallest absolute Gasteiger partial charge is 0.343 e. The van der Waals surface area contributed by atoms with E-state index in [1.54, 1.807) is 12.1 Å². The second-order valence-electron chi connectivity index (χ2n) is 5.28. The average molecular weight is 429 g/mol. The molecule has 1 aromatic carbocycles. The van der Waals surface area contributed by atoms with E-state index in [1.165, 1.54) is 16.3 Å². The number of hydrogen-bond acceptors (Lipinski definition) is 6. The number of nitrogens with zero attached hydrogens (tertiary/aromatic N) is 2. The molecule has 2 heterocycles. The zero-order valence-electron chi connectivity index (χ0n) is 13.5. The predicted octanol–water partition coefficient (Wildman–Crippen LogP) is 2.25. The average Bonchev–Trinajstić information content (AvgIpc) is 2.94. The summed E-state index contributed by atoms with van der Waals surface area (Å²) >= 11 is 4.62. The molecule has 0 aliphatic carbocycles. The van der Waals surface area contributed by atoms with Crippen molar-refractivity contribution < 1.29 is 14.3 Å². The number of carbonyl (C=O) groups is 1. The molecule has 2 aromatic rings. The molecule has 0 saturated carbocycles. The maximum atomic E-state index is 12.2. The second-order valence-corrected chi connectivity index (χ2v) is 7.07. The molecule has 0 saturated heterocycles. The van der Waals surface area contributed by atoms with E-state index < -0.39 is 0 Å². The molecule has 1 aliphatic heterocycles. The Labute approximate surface area is 156 Å². The molecule has 10 heteroatoms. The van der Waals surface area contributed by atoms with Crippen molar-refractivity contribution in [3.63, 3.8) is 0 Å². The van der Waals surface area contributed by atoms with Gasteiger partial charge < -0.3 is 14.8 Å². The summed E-state index contributed by atoms with van der Waals surface area (Å²) in [6, 6.07) is 3.49. The van der Waals surface area contributed by atoms with Crippen molar-refractivity contribution in [1.82, 2.24) is 14.8 Å². The Kier molecular flexibility index (Phi) is 5.69. The van der Waals surface area contributed by atoms with Gasteiger partial charge in [0.25, 0.3) is 0 Å². The van der Waals surface area contributed by atoms with Crippen LogP contribution in [0.5, 0.6) is 11.5 Å². The first-order valence-corrected chi connectivity index (χ1v) is 9.53. The van der Waals surface area contributed by atoms with Crippen molar-refractivity contribution >= 4 is 39.3 Å². The molecule has 3 rings (SSSR count). The first kappa shape index (κ1) is 17.9. The van der Waals surface area contributed by atoms with Crippen molar-refractivity contribution in [3.8, 4) is 11.5 Å². The number of thioether (sulfide) groups is 1. The summed E-state index contributed by atoms with van der Waals surface area (Å²) in [5.41, 5.74) is 0.335. The molecular formula is C15H17BrN4O4S. The highest BCUT2D eigenvalue weighted by atomic mass is 79.9. The molecule has 0 atom stereocenters. The summed E-state index contributed by atoms with van der Waals surface area (Å²) in [5.74, 6) is 1.17.